The quantitative estimate of drug-likeness (QED) is 0.572. The standard InChI is InChI=1S/C20H15N3OS/c1-14-8-5-6-12-16(14)18-21-20-23(22-18)19(24)17(25-20)13-7-11-15-9-3-2-4-10-15/h2-13H,1H3/b11-7+,17-13+. The number of rotatable bonds is 3. The number of aromatic nitrogens is 3. The summed E-state index contributed by atoms with van der Waals surface area (Å²) < 4.78 is 2.01. The van der Waals surface area contributed by atoms with E-state index in [4.69, 9.17) is 0 Å². The molecule has 0 saturated heterocycles. The molecule has 0 atom stereocenters. The van der Waals surface area contributed by atoms with Crippen LogP contribution in [0.25, 0.3) is 28.5 Å². The molecule has 0 aliphatic heterocycles. The molecule has 122 valence electrons. The zero-order valence-electron chi connectivity index (χ0n) is 13.6. The van der Waals surface area contributed by atoms with E-state index >= 15 is 0 Å². The highest BCUT2D eigenvalue weighted by molar-refractivity contribution is 7.15. The van der Waals surface area contributed by atoms with Crippen LogP contribution in [0.3, 0.4) is 0 Å². The zero-order valence-corrected chi connectivity index (χ0v) is 14.4. The molecule has 0 fully saturated rings. The van der Waals surface area contributed by atoms with Crippen molar-refractivity contribution in [1.29, 1.82) is 0 Å². The van der Waals surface area contributed by atoms with Gasteiger partial charge in [0.1, 0.15) is 0 Å². The first-order valence-electron chi connectivity index (χ1n) is 7.91. The predicted molar refractivity (Wildman–Crippen MR) is 102 cm³/mol. The summed E-state index contributed by atoms with van der Waals surface area (Å²) in [4.78, 5) is 17.6. The number of nitrogens with zero attached hydrogens (tertiary/aromatic N) is 3. The van der Waals surface area contributed by atoms with Gasteiger partial charge in [-0.2, -0.15) is 9.50 Å². The van der Waals surface area contributed by atoms with Crippen LogP contribution in [0, 0.1) is 6.92 Å². The SMILES string of the molecule is Cc1ccccc1-c1nc2s/c(=C/C=C/c3ccccc3)c(=O)n2n1. The smallest absolute Gasteiger partial charge is 0.266 e. The molecule has 0 saturated carbocycles. The average molecular weight is 345 g/mol. The Labute approximate surface area is 148 Å². The first kappa shape index (κ1) is 15.5. The van der Waals surface area contributed by atoms with Crippen LogP contribution in [0.2, 0.25) is 0 Å². The van der Waals surface area contributed by atoms with Gasteiger partial charge in [-0.05, 0) is 24.1 Å². The second-order valence-electron chi connectivity index (χ2n) is 5.65. The molecular weight excluding hydrogens is 330 g/mol. The molecule has 25 heavy (non-hydrogen) atoms. The molecule has 4 aromatic rings. The highest BCUT2D eigenvalue weighted by atomic mass is 32.1. The molecule has 0 unspecified atom stereocenters. The summed E-state index contributed by atoms with van der Waals surface area (Å²) in [5.74, 6) is 0.591. The third-order valence-corrected chi connectivity index (χ3v) is 4.88. The summed E-state index contributed by atoms with van der Waals surface area (Å²) in [5, 5.41) is 4.39. The van der Waals surface area contributed by atoms with E-state index in [1.165, 1.54) is 15.9 Å². The van der Waals surface area contributed by atoms with E-state index in [0.717, 1.165) is 16.7 Å². The van der Waals surface area contributed by atoms with Gasteiger partial charge in [-0.3, -0.25) is 4.79 Å². The molecule has 2 aromatic carbocycles. The van der Waals surface area contributed by atoms with Crippen molar-refractivity contribution in [3.05, 3.63) is 86.7 Å². The highest BCUT2D eigenvalue weighted by Gasteiger charge is 2.12. The van der Waals surface area contributed by atoms with Crippen LogP contribution in [0.15, 0.2) is 65.5 Å². The van der Waals surface area contributed by atoms with Gasteiger partial charge in [-0.25, -0.2) is 0 Å². The molecule has 0 bridgehead atoms. The minimum absolute atomic E-state index is 0.134. The Morgan fingerprint density at radius 1 is 1.04 bits per heavy atom. The summed E-state index contributed by atoms with van der Waals surface area (Å²) in [6, 6.07) is 17.9. The third-order valence-electron chi connectivity index (χ3n) is 3.90. The van der Waals surface area contributed by atoms with E-state index in [1.807, 2.05) is 79.7 Å². The molecule has 0 aliphatic rings. The lowest BCUT2D eigenvalue weighted by Gasteiger charge is -1.98. The number of thiazole rings is 1. The van der Waals surface area contributed by atoms with E-state index in [2.05, 4.69) is 10.1 Å². The Morgan fingerprint density at radius 2 is 1.80 bits per heavy atom. The minimum atomic E-state index is -0.134. The van der Waals surface area contributed by atoms with Gasteiger partial charge in [0.25, 0.3) is 5.56 Å². The van der Waals surface area contributed by atoms with E-state index in [9.17, 15) is 4.79 Å². The number of hydrogen-bond donors (Lipinski definition) is 0. The van der Waals surface area contributed by atoms with Gasteiger partial charge in [-0.1, -0.05) is 78.1 Å². The van der Waals surface area contributed by atoms with Gasteiger partial charge in [0.05, 0.1) is 4.53 Å². The fourth-order valence-corrected chi connectivity index (χ4v) is 3.46. The Kier molecular flexibility index (Phi) is 3.99. The van der Waals surface area contributed by atoms with Gasteiger partial charge in [-0.15, -0.1) is 5.10 Å². The maximum Gasteiger partial charge on any atom is 0.291 e. The lowest BCUT2D eigenvalue weighted by atomic mass is 10.1. The van der Waals surface area contributed by atoms with Crippen LogP contribution in [-0.4, -0.2) is 14.6 Å². The van der Waals surface area contributed by atoms with Crippen LogP contribution in [0.5, 0.6) is 0 Å². The van der Waals surface area contributed by atoms with Gasteiger partial charge in [0, 0.05) is 5.56 Å². The van der Waals surface area contributed by atoms with Crippen LogP contribution in [0.1, 0.15) is 11.1 Å². The largest absolute Gasteiger partial charge is 0.291 e. The van der Waals surface area contributed by atoms with E-state index < -0.39 is 0 Å². The van der Waals surface area contributed by atoms with Gasteiger partial charge >= 0.3 is 0 Å². The summed E-state index contributed by atoms with van der Waals surface area (Å²) in [7, 11) is 0. The highest BCUT2D eigenvalue weighted by Crippen LogP contribution is 2.20. The van der Waals surface area contributed by atoms with E-state index in [-0.39, 0.29) is 5.56 Å². The number of allylic oxidation sites excluding steroid dienone is 1. The maximum absolute atomic E-state index is 12.5. The summed E-state index contributed by atoms with van der Waals surface area (Å²) >= 11 is 1.35. The van der Waals surface area contributed by atoms with Crippen molar-refractivity contribution >= 4 is 28.4 Å². The lowest BCUT2D eigenvalue weighted by molar-refractivity contribution is 0.936. The number of hydrogen-bond acceptors (Lipinski definition) is 4. The molecule has 0 N–H and O–H groups in total. The van der Waals surface area contributed by atoms with Crippen LogP contribution >= 0.6 is 11.3 Å². The summed E-state index contributed by atoms with van der Waals surface area (Å²) in [6.07, 6.45) is 5.65. The second-order valence-corrected chi connectivity index (χ2v) is 6.66. The Balaban J connectivity index is 1.71. The normalized spacial score (nSPS) is 12.4. The molecule has 4 rings (SSSR count). The average Bonchev–Trinajstić information content (AvgIpc) is 3.16. The Morgan fingerprint density at radius 3 is 2.56 bits per heavy atom. The number of fused-ring (bicyclic) bond motifs is 1. The van der Waals surface area contributed by atoms with Crippen molar-refractivity contribution in [2.24, 2.45) is 0 Å². The van der Waals surface area contributed by atoms with Crippen molar-refractivity contribution < 1.29 is 0 Å². The summed E-state index contributed by atoms with van der Waals surface area (Å²) in [5.41, 5.74) is 3.00. The monoisotopic (exact) mass is 345 g/mol. The maximum atomic E-state index is 12.5. The Bertz CT molecular complexity index is 1170. The van der Waals surface area contributed by atoms with Crippen LogP contribution in [-0.2, 0) is 0 Å². The van der Waals surface area contributed by atoms with Crippen molar-refractivity contribution in [2.75, 3.05) is 0 Å². The van der Waals surface area contributed by atoms with Gasteiger partial charge in [0.15, 0.2) is 5.82 Å². The third kappa shape index (κ3) is 3.02. The van der Waals surface area contributed by atoms with Crippen molar-refractivity contribution in [3.8, 4) is 11.4 Å². The molecular formula is C20H15N3OS. The topological polar surface area (TPSA) is 47.3 Å². The number of aryl methyl sites for hydroxylation is 1. The first-order valence-corrected chi connectivity index (χ1v) is 8.73. The van der Waals surface area contributed by atoms with Crippen molar-refractivity contribution in [2.45, 2.75) is 6.92 Å². The van der Waals surface area contributed by atoms with Crippen LogP contribution < -0.4 is 10.1 Å². The number of benzene rings is 2. The van der Waals surface area contributed by atoms with Gasteiger partial charge in [0.2, 0.25) is 4.96 Å². The molecule has 2 heterocycles. The van der Waals surface area contributed by atoms with E-state index in [0.29, 0.717) is 15.3 Å². The molecule has 2 aromatic heterocycles. The molecule has 4 nitrogen and oxygen atoms in total. The van der Waals surface area contributed by atoms with Crippen molar-refractivity contribution in [3.63, 3.8) is 0 Å². The molecule has 0 radical (unpaired) electrons. The zero-order chi connectivity index (χ0) is 17.2. The first-order chi connectivity index (χ1) is 12.2. The van der Waals surface area contributed by atoms with Gasteiger partial charge < -0.3 is 0 Å². The second kappa shape index (κ2) is 6.45. The molecule has 0 aliphatic carbocycles. The molecule has 0 spiro atoms. The lowest BCUT2D eigenvalue weighted by Crippen LogP contribution is -2.23. The summed E-state index contributed by atoms with van der Waals surface area (Å²) in [6.45, 7) is 2.01. The minimum Gasteiger partial charge on any atom is -0.266 e. The fourth-order valence-electron chi connectivity index (χ4n) is 2.60. The van der Waals surface area contributed by atoms with Crippen LogP contribution in [0.4, 0.5) is 0 Å². The molecule has 5 heteroatoms. The predicted octanol–water partition coefficient (Wildman–Crippen LogP) is 3.34. The fraction of sp³-hybridized carbons (Fsp3) is 0.0500. The van der Waals surface area contributed by atoms with Crippen molar-refractivity contribution in [1.82, 2.24) is 14.6 Å². The molecule has 0 amide bonds. The van der Waals surface area contributed by atoms with E-state index in [1.54, 1.807) is 0 Å². The Hall–Kier alpha value is -3.05.